The van der Waals surface area contributed by atoms with E-state index in [9.17, 15) is 5.26 Å². The lowest BCUT2D eigenvalue weighted by atomic mass is 9.84. The van der Waals surface area contributed by atoms with Crippen molar-refractivity contribution in [2.24, 2.45) is 11.7 Å². The van der Waals surface area contributed by atoms with Crippen LogP contribution in [0.15, 0.2) is 73.6 Å². The molecule has 1 saturated heterocycles. The molecular formula is C32H38N6. The van der Waals surface area contributed by atoms with Crippen molar-refractivity contribution in [2.45, 2.75) is 57.5 Å². The average Bonchev–Trinajstić information content (AvgIpc) is 3.70. The molecule has 38 heavy (non-hydrogen) atoms. The number of allylic oxidation sites excluding steroid dienone is 1. The number of nitriles is 1. The van der Waals surface area contributed by atoms with Crippen LogP contribution in [-0.2, 0) is 18.5 Å². The van der Waals surface area contributed by atoms with Gasteiger partial charge in [0.2, 0.25) is 0 Å². The van der Waals surface area contributed by atoms with Gasteiger partial charge in [0.25, 0.3) is 0 Å². The smallest absolute Gasteiger partial charge is 0.161 e. The third kappa shape index (κ3) is 5.54. The maximum Gasteiger partial charge on any atom is 0.161 e. The standard InChI is InChI=1S/C32H38N6/c1-4-25-5-9-28(10-6-25)29-11-7-26(8-12-29)21-37-19-16-32(15-18-33,17-20-37)38-22-30(23(2)34)31(36-38)35-24(3)27-13-14-27/h5-12,22,27H,2-4,13-17,19-21,34H2,1H3,(H,35,36). The van der Waals surface area contributed by atoms with Crippen LogP contribution in [0.3, 0.4) is 0 Å². The fourth-order valence-electron chi connectivity index (χ4n) is 5.39. The third-order valence-electron chi connectivity index (χ3n) is 8.15. The van der Waals surface area contributed by atoms with Crippen LogP contribution < -0.4 is 11.1 Å². The van der Waals surface area contributed by atoms with Crippen molar-refractivity contribution < 1.29 is 0 Å². The van der Waals surface area contributed by atoms with Crippen molar-refractivity contribution >= 4 is 11.5 Å². The molecule has 1 saturated carbocycles. The molecular weight excluding hydrogens is 468 g/mol. The molecule has 196 valence electrons. The van der Waals surface area contributed by atoms with E-state index < -0.39 is 0 Å². The average molecular weight is 507 g/mol. The highest BCUT2D eigenvalue weighted by atomic mass is 15.4. The van der Waals surface area contributed by atoms with Gasteiger partial charge in [-0.25, -0.2) is 0 Å². The molecule has 3 aromatic rings. The molecule has 2 heterocycles. The molecule has 0 amide bonds. The minimum absolute atomic E-state index is 0.356. The summed E-state index contributed by atoms with van der Waals surface area (Å²) in [7, 11) is 0. The summed E-state index contributed by atoms with van der Waals surface area (Å²) in [6.45, 7) is 13.0. The molecule has 1 aliphatic heterocycles. The van der Waals surface area contributed by atoms with Crippen LogP contribution in [0.4, 0.5) is 5.82 Å². The Morgan fingerprint density at radius 3 is 2.18 bits per heavy atom. The van der Waals surface area contributed by atoms with Crippen molar-refractivity contribution in [2.75, 3.05) is 18.4 Å². The van der Waals surface area contributed by atoms with Gasteiger partial charge in [-0.05, 0) is 60.3 Å². The highest BCUT2D eigenvalue weighted by molar-refractivity contribution is 5.71. The highest BCUT2D eigenvalue weighted by Gasteiger charge is 2.38. The fraction of sp³-hybridized carbons (Fsp3) is 0.375. The van der Waals surface area contributed by atoms with E-state index in [0.29, 0.717) is 23.9 Å². The Balaban J connectivity index is 1.26. The molecule has 1 aromatic heterocycles. The van der Waals surface area contributed by atoms with E-state index in [1.165, 1.54) is 22.3 Å². The van der Waals surface area contributed by atoms with Gasteiger partial charge in [0, 0.05) is 37.2 Å². The monoisotopic (exact) mass is 506 g/mol. The number of nitrogens with zero attached hydrogens (tertiary/aromatic N) is 4. The number of piperidine rings is 1. The van der Waals surface area contributed by atoms with Gasteiger partial charge >= 0.3 is 0 Å². The Kier molecular flexibility index (Phi) is 7.40. The summed E-state index contributed by atoms with van der Waals surface area (Å²) < 4.78 is 1.97. The van der Waals surface area contributed by atoms with E-state index in [4.69, 9.17) is 10.8 Å². The van der Waals surface area contributed by atoms with Crippen LogP contribution in [0, 0.1) is 17.2 Å². The van der Waals surface area contributed by atoms with Crippen LogP contribution in [0.2, 0.25) is 0 Å². The summed E-state index contributed by atoms with van der Waals surface area (Å²) in [5.41, 5.74) is 13.2. The molecule has 2 fully saturated rings. The number of nitrogens with two attached hydrogens (primary N) is 1. The van der Waals surface area contributed by atoms with Gasteiger partial charge in [-0.3, -0.25) is 9.58 Å². The number of benzene rings is 2. The maximum atomic E-state index is 9.73. The normalized spacial score (nSPS) is 17.1. The van der Waals surface area contributed by atoms with Crippen molar-refractivity contribution in [1.82, 2.24) is 14.7 Å². The van der Waals surface area contributed by atoms with E-state index >= 15 is 0 Å². The summed E-state index contributed by atoms with van der Waals surface area (Å²) in [5, 5.41) is 18.0. The summed E-state index contributed by atoms with van der Waals surface area (Å²) in [6.07, 6.45) is 7.45. The topological polar surface area (TPSA) is 82.9 Å². The van der Waals surface area contributed by atoms with Crippen molar-refractivity contribution in [1.29, 1.82) is 5.26 Å². The summed E-state index contributed by atoms with van der Waals surface area (Å²) in [5.74, 6) is 1.20. The number of likely N-dealkylation sites (tertiary alicyclic amines) is 1. The maximum absolute atomic E-state index is 9.73. The second kappa shape index (κ2) is 10.9. The van der Waals surface area contributed by atoms with E-state index in [2.05, 4.69) is 84.9 Å². The first kappa shape index (κ1) is 25.8. The number of aryl methyl sites for hydroxylation is 1. The van der Waals surface area contributed by atoms with E-state index in [0.717, 1.165) is 63.0 Å². The molecule has 0 atom stereocenters. The largest absolute Gasteiger partial charge is 0.399 e. The molecule has 0 unspecified atom stereocenters. The van der Waals surface area contributed by atoms with Gasteiger partial charge in [-0.15, -0.1) is 0 Å². The highest BCUT2D eigenvalue weighted by Crippen LogP contribution is 2.38. The second-order valence-electron chi connectivity index (χ2n) is 10.9. The SMILES string of the molecule is C=C(N)c1cn(C2(CC#N)CCN(Cc3ccc(-c4ccc(CC)cc4)cc3)CC2)nc1NC(=C)C1CC1. The van der Waals surface area contributed by atoms with Crippen LogP contribution in [-0.4, -0.2) is 27.8 Å². The zero-order chi connectivity index (χ0) is 26.7. The van der Waals surface area contributed by atoms with Gasteiger partial charge < -0.3 is 11.1 Å². The molecule has 2 aliphatic rings. The molecule has 0 radical (unpaired) electrons. The summed E-state index contributed by atoms with van der Waals surface area (Å²) >= 11 is 0. The van der Waals surface area contributed by atoms with Crippen LogP contribution in [0.1, 0.15) is 55.7 Å². The van der Waals surface area contributed by atoms with Gasteiger partial charge in [-0.1, -0.05) is 68.6 Å². The molecule has 0 bridgehead atoms. The number of aromatic nitrogens is 2. The predicted molar refractivity (Wildman–Crippen MR) is 155 cm³/mol. The van der Waals surface area contributed by atoms with Crippen molar-refractivity contribution in [3.05, 3.63) is 90.3 Å². The quantitative estimate of drug-likeness (QED) is 0.338. The Labute approximate surface area is 226 Å². The number of hydrogen-bond donors (Lipinski definition) is 2. The molecule has 6 nitrogen and oxygen atoms in total. The lowest BCUT2D eigenvalue weighted by Gasteiger charge is -2.40. The minimum Gasteiger partial charge on any atom is -0.399 e. The fourth-order valence-corrected chi connectivity index (χ4v) is 5.39. The van der Waals surface area contributed by atoms with E-state index in [-0.39, 0.29) is 5.54 Å². The molecule has 5 rings (SSSR count). The first-order valence-corrected chi connectivity index (χ1v) is 13.7. The van der Waals surface area contributed by atoms with Crippen molar-refractivity contribution in [3.63, 3.8) is 0 Å². The van der Waals surface area contributed by atoms with Gasteiger partial charge in [0.15, 0.2) is 5.82 Å². The summed E-state index contributed by atoms with van der Waals surface area (Å²) in [4.78, 5) is 2.47. The minimum atomic E-state index is -0.356. The molecule has 0 spiro atoms. The first-order valence-electron chi connectivity index (χ1n) is 13.7. The van der Waals surface area contributed by atoms with Crippen LogP contribution in [0.25, 0.3) is 16.8 Å². The third-order valence-corrected chi connectivity index (χ3v) is 8.15. The number of rotatable bonds is 10. The van der Waals surface area contributed by atoms with Crippen molar-refractivity contribution in [3.8, 4) is 17.2 Å². The predicted octanol–water partition coefficient (Wildman–Crippen LogP) is 6.28. The molecule has 6 heteroatoms. The Morgan fingerprint density at radius 2 is 1.66 bits per heavy atom. The molecule has 2 aromatic carbocycles. The van der Waals surface area contributed by atoms with Crippen LogP contribution in [0.5, 0.6) is 0 Å². The Bertz CT molecular complexity index is 1330. The number of nitrogens with one attached hydrogen (secondary N) is 1. The summed E-state index contributed by atoms with van der Waals surface area (Å²) in [6, 6.07) is 20.2. The van der Waals surface area contributed by atoms with E-state index in [1.807, 2.05) is 10.9 Å². The zero-order valence-corrected chi connectivity index (χ0v) is 22.4. The van der Waals surface area contributed by atoms with Gasteiger partial charge in [0.05, 0.1) is 23.6 Å². The van der Waals surface area contributed by atoms with Crippen LogP contribution >= 0.6 is 0 Å². The second-order valence-corrected chi connectivity index (χ2v) is 10.9. The van der Waals surface area contributed by atoms with Gasteiger partial charge in [0.1, 0.15) is 0 Å². The zero-order valence-electron chi connectivity index (χ0n) is 22.4. The first-order chi connectivity index (χ1) is 18.4. The lowest BCUT2D eigenvalue weighted by molar-refractivity contribution is 0.0978. The van der Waals surface area contributed by atoms with E-state index in [1.54, 1.807) is 0 Å². The number of hydrogen-bond acceptors (Lipinski definition) is 5. The lowest BCUT2D eigenvalue weighted by Crippen LogP contribution is -2.46. The Hall–Kier alpha value is -3.82. The number of anilines is 1. The van der Waals surface area contributed by atoms with Gasteiger partial charge in [-0.2, -0.15) is 10.4 Å². The molecule has 1 aliphatic carbocycles. The Morgan fingerprint density at radius 1 is 1.05 bits per heavy atom. The molecule has 3 N–H and O–H groups in total.